The molecule has 4 heteroatoms. The van der Waals surface area contributed by atoms with Gasteiger partial charge in [0.2, 0.25) is 0 Å². The van der Waals surface area contributed by atoms with Crippen LogP contribution in [0.4, 0.5) is 11.5 Å². The lowest BCUT2D eigenvalue weighted by molar-refractivity contribution is 0.240. The van der Waals surface area contributed by atoms with Crippen molar-refractivity contribution in [3.63, 3.8) is 0 Å². The van der Waals surface area contributed by atoms with E-state index in [1.54, 1.807) is 0 Å². The van der Waals surface area contributed by atoms with Crippen LogP contribution in [0.2, 0.25) is 0 Å². The molecule has 0 bridgehead atoms. The Morgan fingerprint density at radius 3 is 2.69 bits per heavy atom. The van der Waals surface area contributed by atoms with Crippen molar-refractivity contribution in [2.75, 3.05) is 30.3 Å². The Balaban J connectivity index is 1.91. The van der Waals surface area contributed by atoms with Crippen LogP contribution in [-0.2, 0) is 0 Å². The van der Waals surface area contributed by atoms with Crippen molar-refractivity contribution in [3.8, 4) is 0 Å². The van der Waals surface area contributed by atoms with Gasteiger partial charge in [-0.25, -0.2) is 4.98 Å². The van der Waals surface area contributed by atoms with Crippen LogP contribution in [-0.4, -0.2) is 29.8 Å². The zero-order valence-corrected chi connectivity index (χ0v) is 9.47. The van der Waals surface area contributed by atoms with Crippen molar-refractivity contribution in [2.45, 2.75) is 19.3 Å². The number of hydrogen-bond donors (Lipinski definition) is 2. The molecule has 0 atom stereocenters. The molecule has 0 unspecified atom stereocenters. The third kappa shape index (κ3) is 2.64. The molecule has 0 spiro atoms. The van der Waals surface area contributed by atoms with E-state index in [0.29, 0.717) is 18.3 Å². The van der Waals surface area contributed by atoms with Gasteiger partial charge >= 0.3 is 0 Å². The molecule has 2 rings (SSSR count). The van der Waals surface area contributed by atoms with Crippen LogP contribution in [0.5, 0.6) is 0 Å². The first-order valence-corrected chi connectivity index (χ1v) is 5.87. The molecule has 1 aromatic rings. The van der Waals surface area contributed by atoms with Crippen LogP contribution in [0.1, 0.15) is 19.3 Å². The number of aromatic nitrogens is 1. The van der Waals surface area contributed by atoms with Gasteiger partial charge in [0, 0.05) is 19.7 Å². The largest absolute Gasteiger partial charge is 0.396 e. The number of piperidine rings is 1. The van der Waals surface area contributed by atoms with Crippen LogP contribution in [0.25, 0.3) is 0 Å². The van der Waals surface area contributed by atoms with Gasteiger partial charge in [0.25, 0.3) is 0 Å². The Hall–Kier alpha value is -1.29. The number of pyridine rings is 1. The minimum Gasteiger partial charge on any atom is -0.396 e. The maximum Gasteiger partial charge on any atom is 0.123 e. The van der Waals surface area contributed by atoms with Crippen LogP contribution < -0.4 is 10.6 Å². The second-order valence-corrected chi connectivity index (χ2v) is 4.38. The second-order valence-electron chi connectivity index (χ2n) is 4.38. The van der Waals surface area contributed by atoms with Gasteiger partial charge in [-0.3, -0.25) is 0 Å². The van der Waals surface area contributed by atoms with Crippen LogP contribution in [0, 0.1) is 5.92 Å². The van der Waals surface area contributed by atoms with E-state index in [1.807, 2.05) is 18.3 Å². The van der Waals surface area contributed by atoms with E-state index in [2.05, 4.69) is 9.88 Å². The molecule has 0 amide bonds. The fourth-order valence-electron chi connectivity index (χ4n) is 2.25. The predicted molar refractivity (Wildman–Crippen MR) is 65.3 cm³/mol. The van der Waals surface area contributed by atoms with Crippen LogP contribution in [0.3, 0.4) is 0 Å². The van der Waals surface area contributed by atoms with Gasteiger partial charge in [0.1, 0.15) is 5.82 Å². The zero-order chi connectivity index (χ0) is 11.4. The van der Waals surface area contributed by atoms with E-state index in [0.717, 1.165) is 38.0 Å². The highest BCUT2D eigenvalue weighted by Crippen LogP contribution is 2.24. The summed E-state index contributed by atoms with van der Waals surface area (Å²) in [5.41, 5.74) is 6.71. The number of anilines is 2. The van der Waals surface area contributed by atoms with E-state index in [1.165, 1.54) is 0 Å². The minimum atomic E-state index is 0.314. The average molecular weight is 221 g/mol. The van der Waals surface area contributed by atoms with E-state index < -0.39 is 0 Å². The maximum atomic E-state index is 8.89. The highest BCUT2D eigenvalue weighted by Gasteiger charge is 2.18. The summed E-state index contributed by atoms with van der Waals surface area (Å²) in [7, 11) is 0. The lowest BCUT2D eigenvalue weighted by Crippen LogP contribution is -2.33. The molecule has 1 aromatic heterocycles. The molecule has 1 fully saturated rings. The molecule has 16 heavy (non-hydrogen) atoms. The van der Waals surface area contributed by atoms with Crippen molar-refractivity contribution in [2.24, 2.45) is 5.92 Å². The van der Waals surface area contributed by atoms with E-state index in [4.69, 9.17) is 10.8 Å². The SMILES string of the molecule is Nc1ccc(N2CCC(CCO)CC2)cn1. The molecular formula is C12H19N3O. The first kappa shape index (κ1) is 11.2. The molecular weight excluding hydrogens is 202 g/mol. The fourth-order valence-corrected chi connectivity index (χ4v) is 2.25. The Morgan fingerprint density at radius 2 is 2.12 bits per heavy atom. The smallest absolute Gasteiger partial charge is 0.123 e. The summed E-state index contributed by atoms with van der Waals surface area (Å²) >= 11 is 0. The number of aliphatic hydroxyl groups is 1. The summed E-state index contributed by atoms with van der Waals surface area (Å²) in [4.78, 5) is 6.44. The van der Waals surface area contributed by atoms with E-state index in [-0.39, 0.29) is 0 Å². The average Bonchev–Trinajstić information content (AvgIpc) is 2.32. The first-order chi connectivity index (χ1) is 7.79. The second kappa shape index (κ2) is 5.16. The normalized spacial score (nSPS) is 17.7. The maximum absolute atomic E-state index is 8.89. The number of nitrogens with two attached hydrogens (primary N) is 1. The van der Waals surface area contributed by atoms with Crippen LogP contribution in [0.15, 0.2) is 18.3 Å². The molecule has 0 radical (unpaired) electrons. The first-order valence-electron chi connectivity index (χ1n) is 5.87. The number of rotatable bonds is 3. The van der Waals surface area contributed by atoms with Crippen molar-refractivity contribution in [1.29, 1.82) is 0 Å². The molecule has 1 aliphatic rings. The van der Waals surface area contributed by atoms with Gasteiger partial charge in [-0.1, -0.05) is 0 Å². The highest BCUT2D eigenvalue weighted by molar-refractivity contribution is 5.48. The molecule has 4 nitrogen and oxygen atoms in total. The minimum absolute atomic E-state index is 0.314. The monoisotopic (exact) mass is 221 g/mol. The number of nitrogen functional groups attached to an aromatic ring is 1. The van der Waals surface area contributed by atoms with Gasteiger partial charge in [-0.2, -0.15) is 0 Å². The lowest BCUT2D eigenvalue weighted by Gasteiger charge is -2.33. The van der Waals surface area contributed by atoms with Crippen molar-refractivity contribution in [3.05, 3.63) is 18.3 Å². The highest BCUT2D eigenvalue weighted by atomic mass is 16.3. The molecule has 0 aromatic carbocycles. The quantitative estimate of drug-likeness (QED) is 0.806. The Kier molecular flexibility index (Phi) is 3.62. The van der Waals surface area contributed by atoms with Crippen molar-refractivity contribution < 1.29 is 5.11 Å². The summed E-state index contributed by atoms with van der Waals surface area (Å²) in [6, 6.07) is 3.86. The molecule has 88 valence electrons. The zero-order valence-electron chi connectivity index (χ0n) is 9.47. The molecule has 0 saturated carbocycles. The van der Waals surface area contributed by atoms with Crippen molar-refractivity contribution in [1.82, 2.24) is 4.98 Å². The summed E-state index contributed by atoms with van der Waals surface area (Å²) in [6.07, 6.45) is 5.09. The molecule has 3 N–H and O–H groups in total. The third-order valence-corrected chi connectivity index (χ3v) is 3.29. The van der Waals surface area contributed by atoms with Crippen molar-refractivity contribution >= 4 is 11.5 Å². The topological polar surface area (TPSA) is 62.4 Å². The number of nitrogens with zero attached hydrogens (tertiary/aromatic N) is 2. The molecule has 0 aliphatic carbocycles. The van der Waals surface area contributed by atoms with Gasteiger partial charge in [0.15, 0.2) is 0 Å². The Labute approximate surface area is 96.1 Å². The van der Waals surface area contributed by atoms with E-state index >= 15 is 0 Å². The van der Waals surface area contributed by atoms with Gasteiger partial charge in [-0.15, -0.1) is 0 Å². The summed E-state index contributed by atoms with van der Waals surface area (Å²) in [5.74, 6) is 1.25. The van der Waals surface area contributed by atoms with Gasteiger partial charge in [0.05, 0.1) is 11.9 Å². The fraction of sp³-hybridized carbons (Fsp3) is 0.583. The summed E-state index contributed by atoms with van der Waals surface area (Å²) < 4.78 is 0. The molecule has 1 saturated heterocycles. The lowest BCUT2D eigenvalue weighted by atomic mass is 9.94. The van der Waals surface area contributed by atoms with Gasteiger partial charge in [-0.05, 0) is 37.3 Å². The van der Waals surface area contributed by atoms with Gasteiger partial charge < -0.3 is 15.7 Å². The molecule has 2 heterocycles. The third-order valence-electron chi connectivity index (χ3n) is 3.29. The molecule has 1 aliphatic heterocycles. The summed E-state index contributed by atoms with van der Waals surface area (Å²) in [6.45, 7) is 2.42. The predicted octanol–water partition coefficient (Wildman–Crippen LogP) is 1.26. The Morgan fingerprint density at radius 1 is 1.38 bits per heavy atom. The standard InChI is InChI=1S/C12H19N3O/c13-12-2-1-11(9-14-12)15-6-3-10(4-7-15)5-8-16/h1-2,9-10,16H,3-8H2,(H2,13,14). The van der Waals surface area contributed by atoms with E-state index in [9.17, 15) is 0 Å². The number of aliphatic hydroxyl groups excluding tert-OH is 1. The Bertz CT molecular complexity index is 318. The van der Waals surface area contributed by atoms with Crippen LogP contribution >= 0.6 is 0 Å². The number of hydrogen-bond acceptors (Lipinski definition) is 4. The summed E-state index contributed by atoms with van der Waals surface area (Å²) in [5, 5.41) is 8.89.